The molecule has 1 unspecified atom stereocenters. The van der Waals surface area contributed by atoms with E-state index < -0.39 is 0 Å². The summed E-state index contributed by atoms with van der Waals surface area (Å²) in [7, 11) is 1.87. The van der Waals surface area contributed by atoms with Gasteiger partial charge in [0, 0.05) is 11.6 Å². The number of nitrogens with one attached hydrogen (secondary N) is 1. The summed E-state index contributed by atoms with van der Waals surface area (Å²) in [6.07, 6.45) is 0. The van der Waals surface area contributed by atoms with E-state index in [1.165, 1.54) is 6.07 Å². The lowest BCUT2D eigenvalue weighted by molar-refractivity contribution is 0.622. The van der Waals surface area contributed by atoms with Gasteiger partial charge in [-0.3, -0.25) is 0 Å². The van der Waals surface area contributed by atoms with Crippen LogP contribution < -0.4 is 5.32 Å². The van der Waals surface area contributed by atoms with Crippen molar-refractivity contribution in [3.05, 3.63) is 59.4 Å². The number of halogens is 1. The van der Waals surface area contributed by atoms with Crippen LogP contribution in [0.1, 0.15) is 24.1 Å². The fourth-order valence-corrected chi connectivity index (χ4v) is 1.96. The first kappa shape index (κ1) is 13.3. The molecule has 1 atom stereocenters. The van der Waals surface area contributed by atoms with Gasteiger partial charge >= 0.3 is 0 Å². The lowest BCUT2D eigenvalue weighted by Crippen LogP contribution is -2.12. The molecular weight excluding hydrogens is 239 g/mol. The monoisotopic (exact) mass is 254 g/mol. The van der Waals surface area contributed by atoms with Crippen LogP contribution in [0.25, 0.3) is 11.1 Å². The highest BCUT2D eigenvalue weighted by molar-refractivity contribution is 5.66. The van der Waals surface area contributed by atoms with Crippen molar-refractivity contribution in [3.8, 4) is 17.2 Å². The largest absolute Gasteiger partial charge is 0.313 e. The van der Waals surface area contributed by atoms with Crippen LogP contribution in [-0.4, -0.2) is 7.05 Å². The Morgan fingerprint density at radius 1 is 1.21 bits per heavy atom. The summed E-state index contributed by atoms with van der Waals surface area (Å²) in [5.74, 6) is -0.276. The van der Waals surface area contributed by atoms with Gasteiger partial charge in [0.25, 0.3) is 0 Å². The molecule has 0 bridgehead atoms. The van der Waals surface area contributed by atoms with Gasteiger partial charge < -0.3 is 5.32 Å². The first-order valence-electron chi connectivity index (χ1n) is 6.13. The summed E-state index contributed by atoms with van der Waals surface area (Å²) < 4.78 is 14.0. The van der Waals surface area contributed by atoms with Crippen molar-refractivity contribution < 1.29 is 4.39 Å². The molecule has 0 fully saturated rings. The number of rotatable bonds is 3. The molecule has 0 aliphatic rings. The standard InChI is InChI=1S/C16H15FN2/c1-11(19-2)13-6-7-16(17)15(9-13)14-5-3-4-12(8-14)10-18/h3-9,11,19H,1-2H3. The van der Waals surface area contributed by atoms with Crippen molar-refractivity contribution in [2.75, 3.05) is 7.05 Å². The van der Waals surface area contributed by atoms with E-state index in [-0.39, 0.29) is 11.9 Å². The SMILES string of the molecule is CNC(C)c1ccc(F)c(-c2cccc(C#N)c2)c1. The minimum Gasteiger partial charge on any atom is -0.313 e. The van der Waals surface area contributed by atoms with Gasteiger partial charge in [-0.1, -0.05) is 18.2 Å². The molecule has 1 N–H and O–H groups in total. The summed E-state index contributed by atoms with van der Waals surface area (Å²) in [5, 5.41) is 12.0. The number of hydrogen-bond donors (Lipinski definition) is 1. The highest BCUT2D eigenvalue weighted by Crippen LogP contribution is 2.26. The quantitative estimate of drug-likeness (QED) is 0.907. The normalized spacial score (nSPS) is 11.9. The summed E-state index contributed by atoms with van der Waals surface area (Å²) in [6, 6.07) is 14.3. The van der Waals surface area contributed by atoms with Crippen LogP contribution in [0.4, 0.5) is 4.39 Å². The first-order chi connectivity index (χ1) is 9.15. The Morgan fingerprint density at radius 3 is 2.68 bits per heavy atom. The Balaban J connectivity index is 2.51. The summed E-state index contributed by atoms with van der Waals surface area (Å²) in [5.41, 5.74) is 2.80. The van der Waals surface area contributed by atoms with Gasteiger partial charge in [0.1, 0.15) is 5.82 Å². The van der Waals surface area contributed by atoms with E-state index in [1.54, 1.807) is 24.3 Å². The van der Waals surface area contributed by atoms with Crippen LogP contribution in [0.3, 0.4) is 0 Å². The van der Waals surface area contributed by atoms with Crippen LogP contribution >= 0.6 is 0 Å². The fourth-order valence-electron chi connectivity index (χ4n) is 1.96. The van der Waals surface area contributed by atoms with Gasteiger partial charge in [-0.05, 0) is 49.4 Å². The number of nitrogens with zero attached hydrogens (tertiary/aromatic N) is 1. The van der Waals surface area contributed by atoms with E-state index in [4.69, 9.17) is 5.26 Å². The molecule has 96 valence electrons. The lowest BCUT2D eigenvalue weighted by atomic mass is 9.98. The van der Waals surface area contributed by atoms with Crippen molar-refractivity contribution in [1.82, 2.24) is 5.32 Å². The fraction of sp³-hybridized carbons (Fsp3) is 0.188. The third-order valence-corrected chi connectivity index (χ3v) is 3.23. The van der Waals surface area contributed by atoms with E-state index >= 15 is 0 Å². The van der Waals surface area contributed by atoms with Gasteiger partial charge in [-0.15, -0.1) is 0 Å². The Hall–Kier alpha value is -2.18. The van der Waals surface area contributed by atoms with E-state index in [0.29, 0.717) is 11.1 Å². The maximum atomic E-state index is 14.0. The highest BCUT2D eigenvalue weighted by atomic mass is 19.1. The van der Waals surface area contributed by atoms with Gasteiger partial charge in [0.05, 0.1) is 11.6 Å². The third-order valence-electron chi connectivity index (χ3n) is 3.23. The summed E-state index contributed by atoms with van der Waals surface area (Å²) >= 11 is 0. The zero-order chi connectivity index (χ0) is 13.8. The second kappa shape index (κ2) is 5.64. The van der Waals surface area contributed by atoms with Gasteiger partial charge in [-0.2, -0.15) is 5.26 Å². The molecule has 2 rings (SSSR count). The summed E-state index contributed by atoms with van der Waals surface area (Å²) in [6.45, 7) is 2.02. The topological polar surface area (TPSA) is 35.8 Å². The third kappa shape index (κ3) is 2.81. The maximum Gasteiger partial charge on any atom is 0.131 e. The van der Waals surface area contributed by atoms with Crippen LogP contribution in [0.2, 0.25) is 0 Å². The number of hydrogen-bond acceptors (Lipinski definition) is 2. The molecule has 0 heterocycles. The second-order valence-electron chi connectivity index (χ2n) is 4.44. The summed E-state index contributed by atoms with van der Waals surface area (Å²) in [4.78, 5) is 0. The van der Waals surface area contributed by atoms with E-state index in [0.717, 1.165) is 11.1 Å². The van der Waals surface area contributed by atoms with Crippen molar-refractivity contribution in [3.63, 3.8) is 0 Å². The average Bonchev–Trinajstić information content (AvgIpc) is 2.47. The van der Waals surface area contributed by atoms with Gasteiger partial charge in [0.2, 0.25) is 0 Å². The maximum absolute atomic E-state index is 14.0. The minimum absolute atomic E-state index is 0.151. The van der Waals surface area contributed by atoms with Gasteiger partial charge in [-0.25, -0.2) is 4.39 Å². The molecule has 0 amide bonds. The predicted octanol–water partition coefficient (Wildman–Crippen LogP) is 3.64. The predicted molar refractivity (Wildman–Crippen MR) is 74.0 cm³/mol. The number of nitriles is 1. The molecular formula is C16H15FN2. The smallest absolute Gasteiger partial charge is 0.131 e. The van der Waals surface area contributed by atoms with Crippen molar-refractivity contribution in [1.29, 1.82) is 5.26 Å². The van der Waals surface area contributed by atoms with Crippen molar-refractivity contribution in [2.24, 2.45) is 0 Å². The Bertz CT molecular complexity index is 629. The van der Waals surface area contributed by atoms with E-state index in [1.807, 2.05) is 26.1 Å². The van der Waals surface area contributed by atoms with E-state index in [2.05, 4.69) is 11.4 Å². The molecule has 0 radical (unpaired) electrons. The molecule has 3 heteroatoms. The molecule has 0 aliphatic heterocycles. The molecule has 0 aliphatic carbocycles. The first-order valence-corrected chi connectivity index (χ1v) is 6.13. The van der Waals surface area contributed by atoms with Crippen LogP contribution in [-0.2, 0) is 0 Å². The molecule has 0 saturated carbocycles. The van der Waals surface area contributed by atoms with Crippen molar-refractivity contribution >= 4 is 0 Å². The minimum atomic E-state index is -0.276. The van der Waals surface area contributed by atoms with E-state index in [9.17, 15) is 4.39 Å². The Morgan fingerprint density at radius 2 is 2.00 bits per heavy atom. The molecule has 19 heavy (non-hydrogen) atoms. The molecule has 2 aromatic carbocycles. The average molecular weight is 254 g/mol. The lowest BCUT2D eigenvalue weighted by Gasteiger charge is -2.13. The molecule has 2 aromatic rings. The zero-order valence-corrected chi connectivity index (χ0v) is 10.9. The van der Waals surface area contributed by atoms with Gasteiger partial charge in [0.15, 0.2) is 0 Å². The van der Waals surface area contributed by atoms with Crippen LogP contribution in [0, 0.1) is 17.1 Å². The zero-order valence-electron chi connectivity index (χ0n) is 10.9. The number of benzene rings is 2. The molecule has 0 spiro atoms. The molecule has 0 saturated heterocycles. The highest BCUT2D eigenvalue weighted by Gasteiger charge is 2.10. The molecule has 0 aromatic heterocycles. The van der Waals surface area contributed by atoms with Crippen LogP contribution in [0.15, 0.2) is 42.5 Å². The van der Waals surface area contributed by atoms with Crippen molar-refractivity contribution in [2.45, 2.75) is 13.0 Å². The van der Waals surface area contributed by atoms with Crippen LogP contribution in [0.5, 0.6) is 0 Å². The Kier molecular flexibility index (Phi) is 3.94. The molecule has 2 nitrogen and oxygen atoms in total. The second-order valence-corrected chi connectivity index (χ2v) is 4.44. The Labute approximate surface area is 112 Å².